The van der Waals surface area contributed by atoms with E-state index < -0.39 is 0 Å². The Morgan fingerprint density at radius 2 is 2.14 bits per heavy atom. The molecular weight excluding hydrogens is 368 g/mol. The standard InChI is InChI=1S/C15H19BrN2O3S/c1-2-21-15(20)13-10-22-8-7-18(13)9-14(19)17-12-5-3-11(16)4-6-12/h3-6,13H,2,7-10H2,1H3,(H,17,19). The molecule has 2 rings (SSSR count). The van der Waals surface area contributed by atoms with Crippen molar-refractivity contribution < 1.29 is 14.3 Å². The molecule has 1 aromatic rings. The molecule has 0 aromatic heterocycles. The van der Waals surface area contributed by atoms with Crippen molar-refractivity contribution in [3.05, 3.63) is 28.7 Å². The van der Waals surface area contributed by atoms with Crippen LogP contribution in [0.2, 0.25) is 0 Å². The first-order valence-corrected chi connectivity index (χ1v) is 9.08. The minimum Gasteiger partial charge on any atom is -0.465 e. The average Bonchev–Trinajstić information content (AvgIpc) is 2.50. The highest BCUT2D eigenvalue weighted by atomic mass is 79.9. The molecule has 0 radical (unpaired) electrons. The Morgan fingerprint density at radius 1 is 1.41 bits per heavy atom. The molecule has 1 saturated heterocycles. The number of halogens is 1. The molecule has 1 aliphatic rings. The van der Waals surface area contributed by atoms with Gasteiger partial charge in [-0.1, -0.05) is 15.9 Å². The highest BCUT2D eigenvalue weighted by molar-refractivity contribution is 9.10. The zero-order valence-corrected chi connectivity index (χ0v) is 14.8. The van der Waals surface area contributed by atoms with E-state index in [-0.39, 0.29) is 24.5 Å². The summed E-state index contributed by atoms with van der Waals surface area (Å²) in [7, 11) is 0. The largest absolute Gasteiger partial charge is 0.465 e. The summed E-state index contributed by atoms with van der Waals surface area (Å²) in [6.45, 7) is 3.05. The third-order valence-electron chi connectivity index (χ3n) is 3.27. The quantitative estimate of drug-likeness (QED) is 0.787. The molecule has 1 unspecified atom stereocenters. The van der Waals surface area contributed by atoms with E-state index in [9.17, 15) is 9.59 Å². The molecule has 1 heterocycles. The predicted molar refractivity (Wildman–Crippen MR) is 92.1 cm³/mol. The molecule has 1 amide bonds. The summed E-state index contributed by atoms with van der Waals surface area (Å²) >= 11 is 5.07. The fourth-order valence-electron chi connectivity index (χ4n) is 2.20. The first kappa shape index (κ1) is 17.3. The molecule has 120 valence electrons. The summed E-state index contributed by atoms with van der Waals surface area (Å²) in [6, 6.07) is 7.06. The Kier molecular flexibility index (Phi) is 6.72. The second kappa shape index (κ2) is 8.55. The van der Waals surface area contributed by atoms with E-state index in [0.29, 0.717) is 18.9 Å². The van der Waals surface area contributed by atoms with Crippen LogP contribution in [0.3, 0.4) is 0 Å². The van der Waals surface area contributed by atoms with E-state index in [4.69, 9.17) is 4.74 Å². The number of anilines is 1. The van der Waals surface area contributed by atoms with Gasteiger partial charge in [-0.05, 0) is 31.2 Å². The van der Waals surface area contributed by atoms with Gasteiger partial charge in [-0.3, -0.25) is 14.5 Å². The van der Waals surface area contributed by atoms with Crippen molar-refractivity contribution in [1.29, 1.82) is 0 Å². The number of nitrogens with zero attached hydrogens (tertiary/aromatic N) is 1. The minimum atomic E-state index is -0.339. The van der Waals surface area contributed by atoms with Crippen LogP contribution in [0, 0.1) is 0 Å². The zero-order valence-electron chi connectivity index (χ0n) is 12.4. The molecule has 0 aliphatic carbocycles. The Balaban J connectivity index is 1.93. The minimum absolute atomic E-state index is 0.122. The second-order valence-electron chi connectivity index (χ2n) is 4.87. The lowest BCUT2D eigenvalue weighted by Crippen LogP contribution is -2.50. The summed E-state index contributed by atoms with van der Waals surface area (Å²) in [6.07, 6.45) is 0. The average molecular weight is 387 g/mol. The van der Waals surface area contributed by atoms with E-state index in [0.717, 1.165) is 15.9 Å². The van der Waals surface area contributed by atoms with Gasteiger partial charge in [-0.25, -0.2) is 0 Å². The monoisotopic (exact) mass is 386 g/mol. The maximum Gasteiger partial charge on any atom is 0.324 e. The van der Waals surface area contributed by atoms with E-state index in [1.807, 2.05) is 29.2 Å². The summed E-state index contributed by atoms with van der Waals surface area (Å²) in [5.74, 6) is 1.22. The van der Waals surface area contributed by atoms with E-state index in [1.54, 1.807) is 18.7 Å². The third kappa shape index (κ3) is 5.00. The third-order valence-corrected chi connectivity index (χ3v) is 4.82. The molecule has 22 heavy (non-hydrogen) atoms. The van der Waals surface area contributed by atoms with Crippen molar-refractivity contribution in [2.45, 2.75) is 13.0 Å². The number of carbonyl (C=O) groups is 2. The van der Waals surface area contributed by atoms with Crippen LogP contribution < -0.4 is 5.32 Å². The number of carbonyl (C=O) groups excluding carboxylic acids is 2. The number of benzene rings is 1. The highest BCUT2D eigenvalue weighted by Crippen LogP contribution is 2.18. The molecule has 0 spiro atoms. The number of amides is 1. The van der Waals surface area contributed by atoms with Gasteiger partial charge in [0.2, 0.25) is 5.91 Å². The van der Waals surface area contributed by atoms with Crippen molar-refractivity contribution >= 4 is 45.3 Å². The molecule has 1 aliphatic heterocycles. The van der Waals surface area contributed by atoms with Crippen LogP contribution in [-0.4, -0.2) is 54.0 Å². The number of rotatable bonds is 5. The van der Waals surface area contributed by atoms with Crippen LogP contribution in [0.5, 0.6) is 0 Å². The Bertz CT molecular complexity index is 524. The van der Waals surface area contributed by atoms with E-state index in [1.165, 1.54) is 0 Å². The van der Waals surface area contributed by atoms with Crippen molar-refractivity contribution in [2.75, 3.05) is 36.5 Å². The van der Waals surface area contributed by atoms with E-state index >= 15 is 0 Å². The summed E-state index contributed by atoms with van der Waals surface area (Å²) in [5, 5.41) is 2.85. The molecule has 0 bridgehead atoms. The Labute approximate surface area is 142 Å². The van der Waals surface area contributed by atoms with Gasteiger partial charge in [0.15, 0.2) is 0 Å². The molecule has 1 atom stereocenters. The summed E-state index contributed by atoms with van der Waals surface area (Å²) in [4.78, 5) is 26.0. The van der Waals surface area contributed by atoms with Crippen molar-refractivity contribution in [1.82, 2.24) is 4.90 Å². The fraction of sp³-hybridized carbons (Fsp3) is 0.467. The van der Waals surface area contributed by atoms with Gasteiger partial charge in [-0.2, -0.15) is 11.8 Å². The van der Waals surface area contributed by atoms with Crippen molar-refractivity contribution in [3.63, 3.8) is 0 Å². The topological polar surface area (TPSA) is 58.6 Å². The number of nitrogens with one attached hydrogen (secondary N) is 1. The Hall–Kier alpha value is -1.05. The van der Waals surface area contributed by atoms with Crippen LogP contribution in [0.15, 0.2) is 28.7 Å². The van der Waals surface area contributed by atoms with Gasteiger partial charge >= 0.3 is 5.97 Å². The van der Waals surface area contributed by atoms with Crippen LogP contribution in [0.1, 0.15) is 6.92 Å². The van der Waals surface area contributed by atoms with Crippen molar-refractivity contribution in [2.24, 2.45) is 0 Å². The molecule has 1 fully saturated rings. The number of thioether (sulfide) groups is 1. The smallest absolute Gasteiger partial charge is 0.324 e. The second-order valence-corrected chi connectivity index (χ2v) is 6.93. The fourth-order valence-corrected chi connectivity index (χ4v) is 3.57. The zero-order chi connectivity index (χ0) is 15.9. The molecule has 1 N–H and O–H groups in total. The van der Waals surface area contributed by atoms with Crippen LogP contribution in [-0.2, 0) is 14.3 Å². The molecule has 0 saturated carbocycles. The Morgan fingerprint density at radius 3 is 2.82 bits per heavy atom. The van der Waals surface area contributed by atoms with E-state index in [2.05, 4.69) is 21.2 Å². The lowest BCUT2D eigenvalue weighted by atomic mass is 10.2. The molecule has 5 nitrogen and oxygen atoms in total. The van der Waals surface area contributed by atoms with Gasteiger partial charge in [-0.15, -0.1) is 0 Å². The number of esters is 1. The molecule has 1 aromatic carbocycles. The van der Waals surface area contributed by atoms with Crippen LogP contribution >= 0.6 is 27.7 Å². The maximum absolute atomic E-state index is 12.2. The SMILES string of the molecule is CCOC(=O)C1CSCCN1CC(=O)Nc1ccc(Br)cc1. The van der Waals surface area contributed by atoms with Crippen LogP contribution in [0.25, 0.3) is 0 Å². The first-order valence-electron chi connectivity index (χ1n) is 7.14. The maximum atomic E-state index is 12.2. The summed E-state index contributed by atoms with van der Waals surface area (Å²) < 4.78 is 6.05. The van der Waals surface area contributed by atoms with Crippen molar-refractivity contribution in [3.8, 4) is 0 Å². The predicted octanol–water partition coefficient (Wildman–Crippen LogP) is 2.37. The lowest BCUT2D eigenvalue weighted by molar-refractivity contribution is -0.148. The number of hydrogen-bond donors (Lipinski definition) is 1. The van der Waals surface area contributed by atoms with Gasteiger partial charge in [0.25, 0.3) is 0 Å². The van der Waals surface area contributed by atoms with Gasteiger partial charge in [0.1, 0.15) is 6.04 Å². The normalized spacial score (nSPS) is 18.7. The van der Waals surface area contributed by atoms with Crippen LogP contribution in [0.4, 0.5) is 5.69 Å². The number of ether oxygens (including phenoxy) is 1. The van der Waals surface area contributed by atoms with Gasteiger partial charge < -0.3 is 10.1 Å². The lowest BCUT2D eigenvalue weighted by Gasteiger charge is -2.32. The highest BCUT2D eigenvalue weighted by Gasteiger charge is 2.31. The summed E-state index contributed by atoms with van der Waals surface area (Å²) in [5.41, 5.74) is 0.743. The number of hydrogen-bond acceptors (Lipinski definition) is 5. The van der Waals surface area contributed by atoms with Gasteiger partial charge in [0, 0.05) is 28.2 Å². The van der Waals surface area contributed by atoms with Gasteiger partial charge in [0.05, 0.1) is 13.2 Å². The molecule has 7 heteroatoms. The first-order chi connectivity index (χ1) is 10.6. The molecular formula is C15H19BrN2O3S.